The second-order valence-corrected chi connectivity index (χ2v) is 11.1. The number of amides is 1. The maximum atomic E-state index is 14.1. The van der Waals surface area contributed by atoms with Crippen LogP contribution in [0, 0.1) is 17.7 Å². The molecule has 0 radical (unpaired) electrons. The second-order valence-electron chi connectivity index (χ2n) is 10.0. The monoisotopic (exact) mass is 579 g/mol. The molecule has 2 aliphatic carbocycles. The molecule has 200 valence electrons. The number of nitrogens with zero attached hydrogens (tertiary/aromatic N) is 3. The summed E-state index contributed by atoms with van der Waals surface area (Å²) in [6.45, 7) is 1.58. The number of piperidine rings is 1. The third kappa shape index (κ3) is 8.68. The Labute approximate surface area is 270 Å². The Bertz CT molecular complexity index is 1210. The van der Waals surface area contributed by atoms with Crippen LogP contribution in [0.3, 0.4) is 0 Å². The van der Waals surface area contributed by atoms with E-state index in [0.29, 0.717) is 54.8 Å². The number of aliphatic hydroxyl groups is 1. The number of rotatable bonds is 9. The second kappa shape index (κ2) is 14.0. The molecule has 39 heavy (non-hydrogen) atoms. The molecule has 1 amide bonds. The van der Waals surface area contributed by atoms with Crippen LogP contribution in [0.15, 0.2) is 24.4 Å². The van der Waals surface area contributed by atoms with Crippen LogP contribution in [0.5, 0.6) is 0 Å². The number of carbonyl (C=O) groups excluding carboxylic acids is 1. The van der Waals surface area contributed by atoms with E-state index in [0.717, 1.165) is 13.1 Å². The number of aliphatic hydroxyl groups excluding tert-OH is 1. The molecule has 0 bridgehead atoms. The summed E-state index contributed by atoms with van der Waals surface area (Å²) in [4.78, 5) is 46.1. The number of nitrogens with one attached hydrogen (secondary N) is 2. The molecule has 2 saturated carbocycles. The van der Waals surface area contributed by atoms with Crippen molar-refractivity contribution >= 4 is 25.5 Å². The molecule has 3 N–H and O–H groups in total. The normalized spacial score (nSPS) is 23.7. The molecule has 1 aromatic heterocycles. The topological polar surface area (TPSA) is 163 Å². The van der Waals surface area contributed by atoms with Crippen molar-refractivity contribution in [3.8, 4) is 0 Å². The van der Waals surface area contributed by atoms with Crippen LogP contribution >= 0.6 is 7.82 Å². The summed E-state index contributed by atoms with van der Waals surface area (Å²) < 4.78 is 29.6. The number of benzene rings is 1. The van der Waals surface area contributed by atoms with E-state index in [2.05, 4.69) is 30.0 Å². The van der Waals surface area contributed by atoms with Crippen molar-refractivity contribution in [2.24, 2.45) is 11.8 Å². The summed E-state index contributed by atoms with van der Waals surface area (Å²) in [5.41, 5.74) is 1.06. The maximum Gasteiger partial charge on any atom is 1.00 e. The molecule has 11 nitrogen and oxygen atoms in total. The number of aromatic nitrogens is 2. The predicted octanol–water partition coefficient (Wildman–Crippen LogP) is -4.93. The number of phosphoric acid groups is 1. The SMILES string of the molecule is O=C(NC1CCC(OP(=O)([O-])[O-])CC1)c1cnc(N2CC3CC3C2)nc1NCc1ccc(CO)c(F)c1.[Na+].[Na+]. The van der Waals surface area contributed by atoms with Crippen LogP contribution in [0.4, 0.5) is 16.2 Å². The fourth-order valence-corrected chi connectivity index (χ4v) is 5.74. The summed E-state index contributed by atoms with van der Waals surface area (Å²) in [5.74, 6) is 1.31. The Kier molecular flexibility index (Phi) is 11.8. The van der Waals surface area contributed by atoms with E-state index < -0.39 is 26.4 Å². The maximum absolute atomic E-state index is 14.1. The van der Waals surface area contributed by atoms with Gasteiger partial charge in [-0.25, -0.2) is 9.37 Å². The molecule has 1 saturated heterocycles. The number of carbonyl (C=O) groups is 1. The number of hydrogen-bond donors (Lipinski definition) is 3. The van der Waals surface area contributed by atoms with Gasteiger partial charge in [0.05, 0.1) is 20.5 Å². The number of fused-ring (bicyclic) bond motifs is 1. The van der Waals surface area contributed by atoms with Gasteiger partial charge in [0, 0.05) is 37.4 Å². The van der Waals surface area contributed by atoms with Crippen molar-refractivity contribution in [1.82, 2.24) is 15.3 Å². The van der Waals surface area contributed by atoms with Crippen LogP contribution < -0.4 is 84.4 Å². The van der Waals surface area contributed by atoms with Gasteiger partial charge < -0.3 is 39.5 Å². The minimum atomic E-state index is -5.04. The molecule has 1 aliphatic heterocycles. The van der Waals surface area contributed by atoms with Gasteiger partial charge >= 0.3 is 59.1 Å². The third-order valence-electron chi connectivity index (χ3n) is 7.32. The summed E-state index contributed by atoms with van der Waals surface area (Å²) in [5, 5.41) is 15.3. The molecule has 0 spiro atoms. The number of hydrogen-bond acceptors (Lipinski definition) is 10. The third-order valence-corrected chi connectivity index (χ3v) is 7.87. The average Bonchev–Trinajstić information content (AvgIpc) is 3.47. The van der Waals surface area contributed by atoms with E-state index in [1.165, 1.54) is 24.8 Å². The van der Waals surface area contributed by atoms with Crippen LogP contribution in [0.2, 0.25) is 0 Å². The Morgan fingerprint density at radius 2 is 1.87 bits per heavy atom. The van der Waals surface area contributed by atoms with Gasteiger partial charge in [-0.1, -0.05) is 12.1 Å². The van der Waals surface area contributed by atoms with Crippen molar-refractivity contribution in [2.45, 2.75) is 57.4 Å². The van der Waals surface area contributed by atoms with Gasteiger partial charge in [-0.3, -0.25) is 4.79 Å². The summed E-state index contributed by atoms with van der Waals surface area (Å²) in [6, 6.07) is 4.32. The minimum absolute atomic E-state index is 0. The Morgan fingerprint density at radius 1 is 1.18 bits per heavy atom. The Balaban J connectivity index is 0.00000210. The largest absolute Gasteiger partial charge is 1.00 e. The molecule has 3 fully saturated rings. The van der Waals surface area contributed by atoms with Crippen LogP contribution in [0.1, 0.15) is 53.6 Å². The van der Waals surface area contributed by atoms with Crippen molar-refractivity contribution in [2.75, 3.05) is 23.3 Å². The van der Waals surface area contributed by atoms with E-state index in [4.69, 9.17) is 0 Å². The molecular formula is C24H29FN5Na2O6P. The van der Waals surface area contributed by atoms with E-state index >= 15 is 0 Å². The predicted molar refractivity (Wildman–Crippen MR) is 128 cm³/mol. The Hall–Kier alpha value is -0.630. The quantitative estimate of drug-likeness (QED) is 0.194. The number of phosphoric ester groups is 1. The smallest absolute Gasteiger partial charge is 0.790 e. The molecule has 5 rings (SSSR count). The zero-order valence-corrected chi connectivity index (χ0v) is 27.0. The first kappa shape index (κ1) is 32.9. The molecule has 2 atom stereocenters. The number of anilines is 2. The van der Waals surface area contributed by atoms with Crippen LogP contribution in [-0.4, -0.2) is 46.2 Å². The van der Waals surface area contributed by atoms with E-state index in [1.54, 1.807) is 6.07 Å². The molecule has 2 heterocycles. The van der Waals surface area contributed by atoms with E-state index in [-0.39, 0.29) is 88.7 Å². The van der Waals surface area contributed by atoms with Gasteiger partial charge in [-0.2, -0.15) is 4.98 Å². The first-order valence-corrected chi connectivity index (χ1v) is 13.9. The molecular weight excluding hydrogens is 550 g/mol. The van der Waals surface area contributed by atoms with Gasteiger partial charge in [-0.15, -0.1) is 0 Å². The van der Waals surface area contributed by atoms with Crippen molar-refractivity contribution in [3.63, 3.8) is 0 Å². The molecule has 1 aromatic carbocycles. The number of halogens is 1. The van der Waals surface area contributed by atoms with Gasteiger partial charge in [-0.05, 0) is 55.6 Å². The van der Waals surface area contributed by atoms with E-state index in [1.807, 2.05) is 0 Å². The van der Waals surface area contributed by atoms with Gasteiger partial charge in [0.25, 0.3) is 5.91 Å². The summed E-state index contributed by atoms with van der Waals surface area (Å²) in [7, 11) is -5.04. The average molecular weight is 579 g/mol. The van der Waals surface area contributed by atoms with E-state index in [9.17, 15) is 28.6 Å². The molecule has 2 aromatic rings. The van der Waals surface area contributed by atoms with Gasteiger partial charge in [0.15, 0.2) is 0 Å². The van der Waals surface area contributed by atoms with Crippen molar-refractivity contribution in [1.29, 1.82) is 0 Å². The Morgan fingerprint density at radius 3 is 2.49 bits per heavy atom. The summed E-state index contributed by atoms with van der Waals surface area (Å²) >= 11 is 0. The fraction of sp³-hybridized carbons (Fsp3) is 0.542. The zero-order valence-electron chi connectivity index (χ0n) is 22.1. The minimum Gasteiger partial charge on any atom is -0.790 e. The fourth-order valence-electron chi connectivity index (χ4n) is 5.16. The zero-order chi connectivity index (χ0) is 26.2. The first-order valence-electron chi connectivity index (χ1n) is 12.4. The summed E-state index contributed by atoms with van der Waals surface area (Å²) in [6.07, 6.45) is 3.65. The molecule has 15 heteroatoms. The van der Waals surface area contributed by atoms with Crippen molar-refractivity contribution in [3.05, 3.63) is 46.9 Å². The van der Waals surface area contributed by atoms with Gasteiger partial charge in [0.2, 0.25) is 5.95 Å². The van der Waals surface area contributed by atoms with Crippen molar-refractivity contribution < 1.29 is 92.3 Å². The molecule has 2 unspecified atom stereocenters. The first-order chi connectivity index (χ1) is 17.7. The molecule has 3 aliphatic rings. The van der Waals surface area contributed by atoms with Crippen LogP contribution in [-0.2, 0) is 22.2 Å². The van der Waals surface area contributed by atoms with Crippen LogP contribution in [0.25, 0.3) is 0 Å². The standard InChI is InChI=1S/C24H31FN5O6P.2Na/c25-21-7-14(1-2-15(21)13-31)9-26-22-20(10-27-24(29-22)30-11-16-8-17(16)12-30)23(32)28-18-3-5-19(6-4-18)36-37(33,34)35;;/h1-2,7,10,16-19,31H,3-6,8-9,11-13H2,(H,28,32)(H,26,27,29)(H2,33,34,35);;/q;2*+1/p-2. The van der Waals surface area contributed by atoms with Gasteiger partial charge in [0.1, 0.15) is 17.2 Å².